The molecular weight excluding hydrogens is 452 g/mol. The first kappa shape index (κ1) is 25.3. The van der Waals surface area contributed by atoms with Gasteiger partial charge in [0.2, 0.25) is 0 Å². The van der Waals surface area contributed by atoms with Crippen LogP contribution < -0.4 is 10.5 Å². The van der Waals surface area contributed by atoms with Crippen LogP contribution in [0.15, 0.2) is 36.4 Å². The fourth-order valence-electron chi connectivity index (χ4n) is 2.75. The van der Waals surface area contributed by atoms with E-state index in [4.69, 9.17) is 32.3 Å². The zero-order valence-corrected chi connectivity index (χ0v) is 16.8. The number of aliphatic hydroxyl groups is 2. The minimum absolute atomic E-state index is 0.00279. The van der Waals surface area contributed by atoms with Crippen LogP contribution in [0.1, 0.15) is 29.5 Å². The third kappa shape index (κ3) is 6.73. The van der Waals surface area contributed by atoms with Crippen molar-refractivity contribution in [2.75, 3.05) is 13.2 Å². The van der Waals surface area contributed by atoms with E-state index in [1.807, 2.05) is 0 Å². The van der Waals surface area contributed by atoms with Crippen molar-refractivity contribution in [1.29, 1.82) is 0 Å². The van der Waals surface area contributed by atoms with E-state index in [0.29, 0.717) is 25.3 Å². The quantitative estimate of drug-likeness (QED) is 0.464. The molecule has 0 saturated heterocycles. The summed E-state index contributed by atoms with van der Waals surface area (Å²) in [6, 6.07) is 6.28. The topological polar surface area (TPSA) is 75.7 Å². The molecule has 172 valence electrons. The van der Waals surface area contributed by atoms with E-state index in [1.165, 1.54) is 12.1 Å². The summed E-state index contributed by atoms with van der Waals surface area (Å²) in [5.74, 6) is -0.771. The molecule has 0 fully saturated rings. The van der Waals surface area contributed by atoms with Gasteiger partial charge in [0, 0.05) is 0 Å². The molecule has 0 amide bonds. The second kappa shape index (κ2) is 9.64. The van der Waals surface area contributed by atoms with E-state index in [1.54, 1.807) is 12.1 Å². The largest absolute Gasteiger partial charge is 0.456 e. The third-order valence-corrected chi connectivity index (χ3v) is 4.98. The first-order chi connectivity index (χ1) is 14.3. The summed E-state index contributed by atoms with van der Waals surface area (Å²) in [5.41, 5.74) is 2.29. The minimum Gasteiger partial charge on any atom is -0.456 e. The summed E-state index contributed by atoms with van der Waals surface area (Å²) in [7, 11) is 0. The van der Waals surface area contributed by atoms with E-state index < -0.39 is 39.8 Å². The predicted octanol–water partition coefficient (Wildman–Crippen LogP) is 5.17. The molecule has 0 unspecified atom stereocenters. The Morgan fingerprint density at radius 2 is 1.48 bits per heavy atom. The molecule has 4 nitrogen and oxygen atoms in total. The number of hydrogen-bond acceptors (Lipinski definition) is 4. The number of benzene rings is 2. The molecular formula is C20H20ClF6NO3. The molecule has 0 aliphatic heterocycles. The standard InChI is InChI=1S/C20H20ClF6NO3/c21-17-15(20(25,26)27)8-13(19(22,23)24)9-16(17)31-14-5-3-12(4-6-14)2-1-7-18(28,10-29)11-30/h3-6,8-9,29-30H,1-2,7,10-11,28H2. The number of alkyl halides is 6. The number of aliphatic hydroxyl groups excluding tert-OH is 2. The Labute approximate surface area is 179 Å². The summed E-state index contributed by atoms with van der Waals surface area (Å²) in [6.45, 7) is -0.762. The first-order valence-electron chi connectivity index (χ1n) is 9.04. The Hall–Kier alpha value is -2.01. The average molecular weight is 472 g/mol. The van der Waals surface area contributed by atoms with Gasteiger partial charge in [-0.25, -0.2) is 0 Å². The molecule has 0 radical (unpaired) electrons. The molecule has 31 heavy (non-hydrogen) atoms. The Bertz CT molecular complexity index is 880. The van der Waals surface area contributed by atoms with Gasteiger partial charge in [0.05, 0.1) is 34.9 Å². The number of aryl methyl sites for hydroxylation is 1. The van der Waals surface area contributed by atoms with Crippen molar-refractivity contribution in [1.82, 2.24) is 0 Å². The molecule has 4 N–H and O–H groups in total. The van der Waals surface area contributed by atoms with Gasteiger partial charge in [0.1, 0.15) is 11.5 Å². The Balaban J connectivity index is 2.19. The summed E-state index contributed by atoms with van der Waals surface area (Å²) in [4.78, 5) is 0. The monoisotopic (exact) mass is 471 g/mol. The van der Waals surface area contributed by atoms with Gasteiger partial charge in [-0.2, -0.15) is 26.3 Å². The van der Waals surface area contributed by atoms with Crippen LogP contribution in [0.4, 0.5) is 26.3 Å². The van der Waals surface area contributed by atoms with E-state index in [2.05, 4.69) is 0 Å². The van der Waals surface area contributed by atoms with E-state index in [-0.39, 0.29) is 25.0 Å². The van der Waals surface area contributed by atoms with Crippen molar-refractivity contribution < 1.29 is 41.3 Å². The molecule has 0 spiro atoms. The fourth-order valence-corrected chi connectivity index (χ4v) is 3.00. The van der Waals surface area contributed by atoms with Gasteiger partial charge in [-0.15, -0.1) is 0 Å². The van der Waals surface area contributed by atoms with E-state index in [9.17, 15) is 26.3 Å². The van der Waals surface area contributed by atoms with Crippen molar-refractivity contribution in [3.8, 4) is 11.5 Å². The molecule has 0 aromatic heterocycles. The summed E-state index contributed by atoms with van der Waals surface area (Å²) >= 11 is 5.67. The molecule has 0 atom stereocenters. The van der Waals surface area contributed by atoms with Gasteiger partial charge < -0.3 is 20.7 Å². The second-order valence-electron chi connectivity index (χ2n) is 7.11. The molecule has 2 aromatic rings. The van der Waals surface area contributed by atoms with Gasteiger partial charge in [-0.1, -0.05) is 23.7 Å². The van der Waals surface area contributed by atoms with Crippen molar-refractivity contribution >= 4 is 11.6 Å². The van der Waals surface area contributed by atoms with Crippen LogP contribution in [0.25, 0.3) is 0 Å². The maximum absolute atomic E-state index is 13.1. The van der Waals surface area contributed by atoms with Crippen molar-refractivity contribution in [3.05, 3.63) is 58.1 Å². The zero-order valence-electron chi connectivity index (χ0n) is 16.0. The highest BCUT2D eigenvalue weighted by atomic mass is 35.5. The van der Waals surface area contributed by atoms with Crippen LogP contribution in [-0.4, -0.2) is 29.0 Å². The normalized spacial score (nSPS) is 12.8. The first-order valence-corrected chi connectivity index (χ1v) is 9.42. The van der Waals surface area contributed by atoms with E-state index >= 15 is 0 Å². The van der Waals surface area contributed by atoms with Gasteiger partial charge >= 0.3 is 12.4 Å². The van der Waals surface area contributed by atoms with E-state index in [0.717, 1.165) is 5.56 Å². The highest BCUT2D eigenvalue weighted by molar-refractivity contribution is 6.33. The minimum atomic E-state index is -5.10. The fraction of sp³-hybridized carbons (Fsp3) is 0.400. The number of ether oxygens (including phenoxy) is 1. The lowest BCUT2D eigenvalue weighted by Gasteiger charge is -2.24. The lowest BCUT2D eigenvalue weighted by atomic mass is 9.94. The van der Waals surface area contributed by atoms with Crippen LogP contribution in [-0.2, 0) is 18.8 Å². The van der Waals surface area contributed by atoms with Crippen LogP contribution in [0.3, 0.4) is 0 Å². The maximum atomic E-state index is 13.1. The lowest BCUT2D eigenvalue weighted by Crippen LogP contribution is -2.47. The Kier molecular flexibility index (Phi) is 7.85. The van der Waals surface area contributed by atoms with Crippen LogP contribution in [0.5, 0.6) is 11.5 Å². The Morgan fingerprint density at radius 1 is 0.903 bits per heavy atom. The van der Waals surface area contributed by atoms with Crippen LogP contribution in [0.2, 0.25) is 5.02 Å². The maximum Gasteiger partial charge on any atom is 0.417 e. The van der Waals surface area contributed by atoms with Gasteiger partial charge in [0.25, 0.3) is 0 Å². The highest BCUT2D eigenvalue weighted by Crippen LogP contribution is 2.44. The van der Waals surface area contributed by atoms with Gasteiger partial charge in [-0.05, 0) is 49.1 Å². The van der Waals surface area contributed by atoms with Crippen LogP contribution >= 0.6 is 11.6 Å². The number of halogens is 7. The van der Waals surface area contributed by atoms with Crippen molar-refractivity contribution in [3.63, 3.8) is 0 Å². The predicted molar refractivity (Wildman–Crippen MR) is 102 cm³/mol. The molecule has 0 heterocycles. The molecule has 0 saturated carbocycles. The Morgan fingerprint density at radius 3 is 1.97 bits per heavy atom. The average Bonchev–Trinajstić information content (AvgIpc) is 2.69. The molecule has 2 aromatic carbocycles. The lowest BCUT2D eigenvalue weighted by molar-refractivity contribution is -0.143. The summed E-state index contributed by atoms with van der Waals surface area (Å²) in [6.07, 6.45) is -8.72. The smallest absolute Gasteiger partial charge is 0.417 e. The molecule has 0 aliphatic carbocycles. The van der Waals surface area contributed by atoms with Gasteiger partial charge in [-0.3, -0.25) is 0 Å². The molecule has 2 rings (SSSR count). The van der Waals surface area contributed by atoms with Crippen molar-refractivity contribution in [2.45, 2.75) is 37.2 Å². The third-order valence-electron chi connectivity index (χ3n) is 4.59. The number of nitrogens with two attached hydrogens (primary N) is 1. The second-order valence-corrected chi connectivity index (χ2v) is 7.49. The number of rotatable bonds is 8. The zero-order chi connectivity index (χ0) is 23.4. The molecule has 0 aliphatic rings. The number of hydrogen-bond donors (Lipinski definition) is 3. The highest BCUT2D eigenvalue weighted by Gasteiger charge is 2.40. The molecule has 11 heteroatoms. The van der Waals surface area contributed by atoms with Gasteiger partial charge in [0.15, 0.2) is 0 Å². The molecule has 0 bridgehead atoms. The SMILES string of the molecule is NC(CO)(CO)CCCc1ccc(Oc2cc(C(F)(F)F)cc(C(F)(F)F)c2Cl)cc1. The summed E-state index contributed by atoms with van der Waals surface area (Å²) in [5, 5.41) is 17.4. The summed E-state index contributed by atoms with van der Waals surface area (Å²) < 4.78 is 83.5. The van der Waals surface area contributed by atoms with Crippen LogP contribution in [0, 0.1) is 0 Å². The van der Waals surface area contributed by atoms with Crippen molar-refractivity contribution in [2.24, 2.45) is 5.73 Å².